The largest absolute Gasteiger partial charge is 0.462 e. The van der Waals surface area contributed by atoms with Crippen LogP contribution in [0.25, 0.3) is 11.1 Å². The first-order valence-corrected chi connectivity index (χ1v) is 9.88. The number of nitro benzene ring substituents is 1. The summed E-state index contributed by atoms with van der Waals surface area (Å²) in [6.45, 7) is 1.73. The molecule has 0 fully saturated rings. The van der Waals surface area contributed by atoms with Crippen LogP contribution in [0.2, 0.25) is 5.02 Å². The Morgan fingerprint density at radius 1 is 1.20 bits per heavy atom. The van der Waals surface area contributed by atoms with Crippen LogP contribution in [0.15, 0.2) is 47.8 Å². The molecule has 10 heteroatoms. The van der Waals surface area contributed by atoms with Gasteiger partial charge in [-0.2, -0.15) is 0 Å². The van der Waals surface area contributed by atoms with Crippen LogP contribution < -0.4 is 5.32 Å². The lowest BCUT2D eigenvalue weighted by atomic mass is 10.0. The highest BCUT2D eigenvalue weighted by Crippen LogP contribution is 2.37. The number of carbonyl (C=O) groups excluding carboxylic acids is 2. The van der Waals surface area contributed by atoms with E-state index in [0.717, 1.165) is 17.4 Å². The molecular formula is C20H14ClFN2O5S. The van der Waals surface area contributed by atoms with E-state index in [0.29, 0.717) is 11.1 Å². The average molecular weight is 449 g/mol. The van der Waals surface area contributed by atoms with Crippen molar-refractivity contribution in [2.24, 2.45) is 0 Å². The Labute approximate surface area is 179 Å². The molecule has 0 saturated carbocycles. The first-order valence-electron chi connectivity index (χ1n) is 8.62. The van der Waals surface area contributed by atoms with Gasteiger partial charge in [0.25, 0.3) is 11.6 Å². The van der Waals surface area contributed by atoms with Crippen molar-refractivity contribution in [2.45, 2.75) is 6.92 Å². The number of carbonyl (C=O) groups is 2. The fourth-order valence-electron chi connectivity index (χ4n) is 2.71. The van der Waals surface area contributed by atoms with Gasteiger partial charge in [0.05, 0.1) is 22.1 Å². The minimum Gasteiger partial charge on any atom is -0.462 e. The highest BCUT2D eigenvalue weighted by Gasteiger charge is 2.25. The number of rotatable bonds is 6. The van der Waals surface area contributed by atoms with Gasteiger partial charge in [0, 0.05) is 23.1 Å². The summed E-state index contributed by atoms with van der Waals surface area (Å²) < 4.78 is 19.2. The van der Waals surface area contributed by atoms with Crippen LogP contribution in [0, 0.1) is 15.9 Å². The van der Waals surface area contributed by atoms with Crippen molar-refractivity contribution in [1.29, 1.82) is 0 Å². The summed E-state index contributed by atoms with van der Waals surface area (Å²) in [6, 6.07) is 9.44. The van der Waals surface area contributed by atoms with Gasteiger partial charge >= 0.3 is 5.97 Å². The summed E-state index contributed by atoms with van der Waals surface area (Å²) >= 11 is 6.98. The van der Waals surface area contributed by atoms with E-state index in [9.17, 15) is 24.1 Å². The number of amides is 1. The van der Waals surface area contributed by atoms with Gasteiger partial charge in [-0.05, 0) is 36.8 Å². The number of thiophene rings is 1. The number of nitro groups is 1. The molecule has 1 amide bonds. The van der Waals surface area contributed by atoms with Gasteiger partial charge in [0.1, 0.15) is 16.4 Å². The molecule has 0 aliphatic rings. The van der Waals surface area contributed by atoms with E-state index in [-0.39, 0.29) is 33.4 Å². The Morgan fingerprint density at radius 2 is 1.90 bits per heavy atom. The monoisotopic (exact) mass is 448 g/mol. The number of anilines is 1. The van der Waals surface area contributed by atoms with Crippen LogP contribution in [0.5, 0.6) is 0 Å². The minimum atomic E-state index is -0.819. The summed E-state index contributed by atoms with van der Waals surface area (Å²) in [5, 5.41) is 15.1. The fraction of sp³-hybridized carbons (Fsp3) is 0.100. The third-order valence-corrected chi connectivity index (χ3v) is 5.29. The zero-order valence-electron chi connectivity index (χ0n) is 15.5. The average Bonchev–Trinajstić information content (AvgIpc) is 3.11. The van der Waals surface area contributed by atoms with Crippen molar-refractivity contribution in [3.63, 3.8) is 0 Å². The quantitative estimate of drug-likeness (QED) is 0.303. The summed E-state index contributed by atoms with van der Waals surface area (Å²) in [5.74, 6) is -2.31. The van der Waals surface area contributed by atoms with E-state index in [1.54, 1.807) is 12.3 Å². The first kappa shape index (κ1) is 21.4. The minimum absolute atomic E-state index is 0.0662. The molecule has 0 atom stereocenters. The Hall–Kier alpha value is -3.30. The van der Waals surface area contributed by atoms with Crippen molar-refractivity contribution < 1.29 is 23.6 Å². The highest BCUT2D eigenvalue weighted by atomic mass is 35.5. The molecule has 0 saturated heterocycles. The van der Waals surface area contributed by atoms with Gasteiger partial charge in [-0.3, -0.25) is 14.9 Å². The summed E-state index contributed by atoms with van der Waals surface area (Å²) in [7, 11) is 0. The van der Waals surface area contributed by atoms with Crippen molar-refractivity contribution in [1.82, 2.24) is 0 Å². The van der Waals surface area contributed by atoms with E-state index < -0.39 is 22.6 Å². The number of nitrogens with one attached hydrogen (secondary N) is 1. The molecule has 0 aliphatic carbocycles. The summed E-state index contributed by atoms with van der Waals surface area (Å²) in [4.78, 5) is 35.5. The van der Waals surface area contributed by atoms with Gasteiger partial charge < -0.3 is 10.1 Å². The molecule has 3 rings (SSSR count). The zero-order valence-corrected chi connectivity index (χ0v) is 17.1. The molecule has 3 aromatic rings. The molecule has 7 nitrogen and oxygen atoms in total. The van der Waals surface area contributed by atoms with E-state index in [2.05, 4.69) is 5.32 Å². The molecule has 1 aromatic heterocycles. The predicted molar refractivity (Wildman–Crippen MR) is 112 cm³/mol. The van der Waals surface area contributed by atoms with Crippen LogP contribution in [0.4, 0.5) is 15.1 Å². The van der Waals surface area contributed by atoms with Crippen molar-refractivity contribution in [2.75, 3.05) is 11.9 Å². The maximum atomic E-state index is 14.1. The van der Waals surface area contributed by atoms with E-state index in [1.165, 1.54) is 36.4 Å². The molecule has 1 N–H and O–H groups in total. The number of hydrogen-bond donors (Lipinski definition) is 1. The molecule has 0 spiro atoms. The maximum absolute atomic E-state index is 14.1. The number of ether oxygens (including phenoxy) is 1. The van der Waals surface area contributed by atoms with E-state index in [4.69, 9.17) is 16.3 Å². The Balaban J connectivity index is 2.02. The van der Waals surface area contributed by atoms with Gasteiger partial charge in [-0.25, -0.2) is 9.18 Å². The lowest BCUT2D eigenvalue weighted by molar-refractivity contribution is -0.384. The van der Waals surface area contributed by atoms with Crippen LogP contribution >= 0.6 is 22.9 Å². The normalized spacial score (nSPS) is 10.5. The van der Waals surface area contributed by atoms with Gasteiger partial charge in [0.2, 0.25) is 0 Å². The van der Waals surface area contributed by atoms with E-state index >= 15 is 0 Å². The van der Waals surface area contributed by atoms with Crippen molar-refractivity contribution in [3.05, 3.63) is 79.9 Å². The van der Waals surface area contributed by atoms with Gasteiger partial charge in [0.15, 0.2) is 0 Å². The second-order valence-electron chi connectivity index (χ2n) is 5.93. The lowest BCUT2D eigenvalue weighted by Gasteiger charge is -2.10. The first-order chi connectivity index (χ1) is 14.3. The van der Waals surface area contributed by atoms with Crippen LogP contribution in [-0.4, -0.2) is 23.4 Å². The summed E-state index contributed by atoms with van der Waals surface area (Å²) in [5.41, 5.74) is 0.553. The van der Waals surface area contributed by atoms with Crippen LogP contribution in [-0.2, 0) is 4.74 Å². The Bertz CT molecular complexity index is 1110. The molecule has 30 heavy (non-hydrogen) atoms. The standard InChI is InChI=1S/C20H14ClFN2O5S/c1-2-29-20(26)16-13(11-6-8-12(9-7-11)24(27)28)10-30-19(16)23-18(25)17-14(21)4-3-5-15(17)22/h3-10H,2H2,1H3,(H,23,25). The molecule has 0 aliphatic heterocycles. The van der Waals surface area contributed by atoms with Crippen molar-refractivity contribution in [3.8, 4) is 11.1 Å². The molecule has 0 bridgehead atoms. The van der Waals surface area contributed by atoms with Crippen LogP contribution in [0.3, 0.4) is 0 Å². The molecule has 0 unspecified atom stereocenters. The topological polar surface area (TPSA) is 98.5 Å². The smallest absolute Gasteiger partial charge is 0.341 e. The van der Waals surface area contributed by atoms with Crippen molar-refractivity contribution >= 4 is 45.5 Å². The molecule has 1 heterocycles. The number of esters is 1. The number of halogens is 2. The molecule has 2 aromatic carbocycles. The fourth-order valence-corrected chi connectivity index (χ4v) is 3.91. The number of non-ortho nitro benzene ring substituents is 1. The van der Waals surface area contributed by atoms with Gasteiger partial charge in [-0.15, -0.1) is 11.3 Å². The second kappa shape index (κ2) is 9.02. The molecule has 154 valence electrons. The van der Waals surface area contributed by atoms with Gasteiger partial charge in [-0.1, -0.05) is 17.7 Å². The summed E-state index contributed by atoms with van der Waals surface area (Å²) in [6.07, 6.45) is 0. The Kier molecular flexibility index (Phi) is 6.43. The molecule has 0 radical (unpaired) electrons. The highest BCUT2D eigenvalue weighted by molar-refractivity contribution is 7.15. The third kappa shape index (κ3) is 4.32. The Morgan fingerprint density at radius 3 is 2.50 bits per heavy atom. The zero-order chi connectivity index (χ0) is 21.8. The SMILES string of the molecule is CCOC(=O)c1c(-c2ccc([N+](=O)[O-])cc2)csc1NC(=O)c1c(F)cccc1Cl. The number of hydrogen-bond acceptors (Lipinski definition) is 6. The van der Waals surface area contributed by atoms with E-state index in [1.807, 2.05) is 0 Å². The second-order valence-corrected chi connectivity index (χ2v) is 7.22. The predicted octanol–water partition coefficient (Wildman–Crippen LogP) is 5.54. The third-order valence-electron chi connectivity index (χ3n) is 4.08. The lowest BCUT2D eigenvalue weighted by Crippen LogP contribution is -2.16. The number of benzene rings is 2. The number of nitrogens with zero attached hydrogens (tertiary/aromatic N) is 1. The maximum Gasteiger partial charge on any atom is 0.341 e. The van der Waals surface area contributed by atoms with Crippen LogP contribution in [0.1, 0.15) is 27.6 Å². The molecular weight excluding hydrogens is 435 g/mol.